The van der Waals surface area contributed by atoms with Gasteiger partial charge in [0.2, 0.25) is 5.91 Å². The fraction of sp³-hybridized carbons (Fsp3) is 0.609. The second-order valence-corrected chi connectivity index (χ2v) is 9.17. The van der Waals surface area contributed by atoms with E-state index >= 15 is 0 Å². The lowest BCUT2D eigenvalue weighted by Gasteiger charge is -2.41. The van der Waals surface area contributed by atoms with Crippen molar-refractivity contribution in [2.24, 2.45) is 5.41 Å². The molecule has 3 aliphatic rings. The Balaban J connectivity index is 1.53. The maximum Gasteiger partial charge on any atom is 0.411 e. The molecule has 0 radical (unpaired) electrons. The first-order valence-corrected chi connectivity index (χ1v) is 11.1. The van der Waals surface area contributed by atoms with Crippen molar-refractivity contribution in [3.05, 3.63) is 23.8 Å². The number of likely N-dealkylation sites (tertiary alicyclic amines) is 1. The summed E-state index contributed by atoms with van der Waals surface area (Å²) >= 11 is 0. The number of benzene rings is 1. The molecule has 2 heterocycles. The molecule has 8 nitrogen and oxygen atoms in total. The van der Waals surface area contributed by atoms with Gasteiger partial charge in [0.05, 0.1) is 22.8 Å². The summed E-state index contributed by atoms with van der Waals surface area (Å²) in [5, 5.41) is 28.7. The van der Waals surface area contributed by atoms with E-state index < -0.39 is 11.5 Å². The third-order valence-corrected chi connectivity index (χ3v) is 7.35. The second-order valence-electron chi connectivity index (χ2n) is 9.17. The number of amides is 2. The molecule has 1 aromatic rings. The molecule has 1 spiro atoms. The van der Waals surface area contributed by atoms with Crippen LogP contribution in [0.25, 0.3) is 0 Å². The number of rotatable bonds is 3. The van der Waals surface area contributed by atoms with Crippen LogP contribution in [0.5, 0.6) is 0 Å². The first-order chi connectivity index (χ1) is 14.8. The minimum absolute atomic E-state index is 0.222. The molecule has 31 heavy (non-hydrogen) atoms. The van der Waals surface area contributed by atoms with Crippen molar-refractivity contribution in [3.63, 3.8) is 0 Å². The van der Waals surface area contributed by atoms with E-state index in [0.29, 0.717) is 17.8 Å². The molecule has 8 heteroatoms. The number of anilines is 2. The highest BCUT2D eigenvalue weighted by Gasteiger charge is 2.50. The summed E-state index contributed by atoms with van der Waals surface area (Å²) in [5.41, 5.74) is 1.21. The predicted octanol–water partition coefficient (Wildman–Crippen LogP) is 2.79. The highest BCUT2D eigenvalue weighted by atomic mass is 16.4. The van der Waals surface area contributed by atoms with Crippen LogP contribution in [-0.4, -0.2) is 65.9 Å². The summed E-state index contributed by atoms with van der Waals surface area (Å²) in [4.78, 5) is 30.0. The minimum atomic E-state index is -1.08. The maximum atomic E-state index is 13.5. The lowest BCUT2D eigenvalue weighted by Crippen LogP contribution is -2.50. The van der Waals surface area contributed by atoms with Gasteiger partial charge < -0.3 is 20.0 Å². The summed E-state index contributed by atoms with van der Waals surface area (Å²) in [5.74, 6) is 0.222. The van der Waals surface area contributed by atoms with Crippen LogP contribution in [0.15, 0.2) is 18.2 Å². The monoisotopic (exact) mass is 426 g/mol. The number of nitriles is 1. The van der Waals surface area contributed by atoms with Gasteiger partial charge in [-0.15, -0.1) is 0 Å². The molecule has 0 aromatic heterocycles. The topological polar surface area (TPSA) is 108 Å². The van der Waals surface area contributed by atoms with Gasteiger partial charge in [-0.3, -0.25) is 9.69 Å². The van der Waals surface area contributed by atoms with Crippen LogP contribution < -0.4 is 9.80 Å². The molecule has 0 bridgehead atoms. The zero-order chi connectivity index (χ0) is 22.2. The van der Waals surface area contributed by atoms with Gasteiger partial charge in [-0.1, -0.05) is 0 Å². The fourth-order valence-electron chi connectivity index (χ4n) is 5.49. The summed E-state index contributed by atoms with van der Waals surface area (Å²) in [7, 11) is 1.45. The zero-order valence-electron chi connectivity index (χ0n) is 18.0. The molecule has 166 valence electrons. The Morgan fingerprint density at radius 2 is 1.97 bits per heavy atom. The van der Waals surface area contributed by atoms with E-state index in [-0.39, 0.29) is 18.1 Å². The van der Waals surface area contributed by atoms with Crippen LogP contribution in [0, 0.1) is 16.7 Å². The fourth-order valence-corrected chi connectivity index (χ4v) is 5.49. The third-order valence-electron chi connectivity index (χ3n) is 7.35. The number of piperidine rings is 1. The van der Waals surface area contributed by atoms with E-state index in [0.717, 1.165) is 68.6 Å². The highest BCUT2D eigenvalue weighted by molar-refractivity contribution is 5.87. The van der Waals surface area contributed by atoms with Gasteiger partial charge >= 0.3 is 6.09 Å². The molecule has 0 unspecified atom stereocenters. The Labute approximate surface area is 182 Å². The van der Waals surface area contributed by atoms with Crippen molar-refractivity contribution in [3.8, 4) is 6.07 Å². The van der Waals surface area contributed by atoms with Gasteiger partial charge in [0.25, 0.3) is 0 Å². The highest BCUT2D eigenvalue weighted by Crippen LogP contribution is 2.44. The van der Waals surface area contributed by atoms with Crippen LogP contribution >= 0.6 is 0 Å². The first-order valence-electron chi connectivity index (χ1n) is 11.1. The molecular weight excluding hydrogens is 396 g/mol. The van der Waals surface area contributed by atoms with E-state index in [1.54, 1.807) is 18.2 Å². The largest absolute Gasteiger partial charge is 0.465 e. The Kier molecular flexibility index (Phi) is 5.80. The van der Waals surface area contributed by atoms with Crippen molar-refractivity contribution in [2.75, 3.05) is 36.5 Å². The Morgan fingerprint density at radius 1 is 1.23 bits per heavy atom. The third kappa shape index (κ3) is 3.94. The van der Waals surface area contributed by atoms with Crippen LogP contribution in [0.2, 0.25) is 0 Å². The predicted molar refractivity (Wildman–Crippen MR) is 116 cm³/mol. The number of carboxylic acid groups (broad SMARTS) is 1. The summed E-state index contributed by atoms with van der Waals surface area (Å²) in [6.07, 6.45) is 4.49. The van der Waals surface area contributed by atoms with E-state index in [9.17, 15) is 25.1 Å². The molecule has 2 amide bonds. The Bertz CT molecular complexity index is 905. The van der Waals surface area contributed by atoms with Gasteiger partial charge in [-0.25, -0.2) is 4.79 Å². The van der Waals surface area contributed by atoms with Gasteiger partial charge in [0, 0.05) is 38.4 Å². The first kappa shape index (κ1) is 21.4. The van der Waals surface area contributed by atoms with Gasteiger partial charge in [0.15, 0.2) is 0 Å². The molecule has 2 saturated heterocycles. The number of carbonyl (C=O) groups excluding carboxylic acids is 1. The zero-order valence-corrected chi connectivity index (χ0v) is 18.0. The normalized spacial score (nSPS) is 28.6. The molecule has 1 aromatic carbocycles. The summed E-state index contributed by atoms with van der Waals surface area (Å²) in [6, 6.07) is 7.54. The molecule has 1 atom stereocenters. The van der Waals surface area contributed by atoms with E-state index in [2.05, 4.69) is 11.0 Å². The standard InChI is InChI=1S/C23H30N4O4/c1-25(22(30)31)18-5-8-20(16(13-18)14-24)26-11-2-9-23(15-26)10-12-27(21(23)29)17-3-6-19(28)7-4-17/h5,8,13,17,19,28H,2-4,6-7,9-12,15H2,1H3,(H,30,31)/t17?,19?,23-/m0/s1. The van der Waals surface area contributed by atoms with Crippen LogP contribution in [-0.2, 0) is 4.79 Å². The SMILES string of the molecule is CN(C(=O)O)c1ccc(N2CCC[C@]3(CCN(C4CCC(O)CC4)C3=O)C2)c(C#N)c1. The Hall–Kier alpha value is -2.79. The number of hydrogen-bond donors (Lipinski definition) is 2. The molecule has 1 aliphatic carbocycles. The van der Waals surface area contributed by atoms with E-state index in [1.165, 1.54) is 7.05 Å². The van der Waals surface area contributed by atoms with Crippen molar-refractivity contribution in [1.82, 2.24) is 4.90 Å². The maximum absolute atomic E-state index is 13.5. The average molecular weight is 427 g/mol. The molecule has 3 fully saturated rings. The summed E-state index contributed by atoms with van der Waals surface area (Å²) < 4.78 is 0. The molecule has 2 N–H and O–H groups in total. The van der Waals surface area contributed by atoms with Gasteiger partial charge in [-0.2, -0.15) is 5.26 Å². The molecule has 2 aliphatic heterocycles. The number of nitrogens with zero attached hydrogens (tertiary/aromatic N) is 4. The lowest BCUT2D eigenvalue weighted by molar-refractivity contribution is -0.139. The Morgan fingerprint density at radius 3 is 2.65 bits per heavy atom. The second kappa shape index (κ2) is 8.39. The van der Waals surface area contributed by atoms with Crippen molar-refractivity contribution < 1.29 is 19.8 Å². The smallest absolute Gasteiger partial charge is 0.411 e. The quantitative estimate of drug-likeness (QED) is 0.769. The van der Waals surface area contributed by atoms with Crippen LogP contribution in [0.1, 0.15) is 50.5 Å². The van der Waals surface area contributed by atoms with Crippen molar-refractivity contribution >= 4 is 23.4 Å². The van der Waals surface area contributed by atoms with Crippen LogP contribution in [0.3, 0.4) is 0 Å². The van der Waals surface area contributed by atoms with Crippen LogP contribution in [0.4, 0.5) is 16.2 Å². The molecule has 4 rings (SSSR count). The minimum Gasteiger partial charge on any atom is -0.465 e. The number of hydrogen-bond acceptors (Lipinski definition) is 5. The number of carbonyl (C=O) groups is 2. The van der Waals surface area contributed by atoms with Gasteiger partial charge in [0.1, 0.15) is 6.07 Å². The lowest BCUT2D eigenvalue weighted by atomic mass is 9.78. The molecular formula is C23H30N4O4. The number of aliphatic hydroxyl groups is 1. The van der Waals surface area contributed by atoms with E-state index in [4.69, 9.17) is 0 Å². The van der Waals surface area contributed by atoms with Crippen molar-refractivity contribution in [1.29, 1.82) is 5.26 Å². The van der Waals surface area contributed by atoms with Gasteiger partial charge in [-0.05, 0) is 63.1 Å². The van der Waals surface area contributed by atoms with Crippen molar-refractivity contribution in [2.45, 2.75) is 57.1 Å². The molecule has 1 saturated carbocycles. The average Bonchev–Trinajstić information content (AvgIpc) is 3.08. The van der Waals surface area contributed by atoms with E-state index in [1.807, 2.05) is 4.90 Å². The summed E-state index contributed by atoms with van der Waals surface area (Å²) in [6.45, 7) is 2.12. The number of aliphatic hydroxyl groups excluding tert-OH is 1.